The Kier molecular flexibility index (Phi) is 3.07. The highest BCUT2D eigenvalue weighted by atomic mass is 16.3. The van der Waals surface area contributed by atoms with Crippen molar-refractivity contribution in [2.45, 2.75) is 26.2 Å². The molecule has 1 rings (SSSR count). The van der Waals surface area contributed by atoms with Gasteiger partial charge in [0.1, 0.15) is 11.5 Å². The highest BCUT2D eigenvalue weighted by molar-refractivity contribution is 5.85. The van der Waals surface area contributed by atoms with Crippen LogP contribution < -0.4 is 0 Å². The zero-order valence-electron chi connectivity index (χ0n) is 7.95. The molecule has 70 valence electrons. The molecule has 0 saturated heterocycles. The van der Waals surface area contributed by atoms with Crippen LogP contribution >= 0.6 is 0 Å². The summed E-state index contributed by atoms with van der Waals surface area (Å²) in [6, 6.07) is 6.78. The number of aromatic hydroxyl groups is 1. The molecule has 2 heteroatoms. The Balaban J connectivity index is 2.83. The molecule has 13 heavy (non-hydrogen) atoms. The maximum absolute atomic E-state index is 11.3. The van der Waals surface area contributed by atoms with Crippen LogP contribution in [0.5, 0.6) is 5.75 Å². The number of phenolic OH excluding ortho intramolecular Hbond substituents is 1. The van der Waals surface area contributed by atoms with Crippen LogP contribution in [0.1, 0.15) is 31.7 Å². The smallest absolute Gasteiger partial charge is 0.139 e. The second-order valence-electron chi connectivity index (χ2n) is 3.13. The Hall–Kier alpha value is -1.31. The third kappa shape index (κ3) is 2.31. The maximum atomic E-state index is 11.3. The number of hydrogen-bond acceptors (Lipinski definition) is 2. The molecule has 1 aromatic rings. The van der Waals surface area contributed by atoms with Crippen molar-refractivity contribution < 1.29 is 9.90 Å². The number of ketones is 1. The second-order valence-corrected chi connectivity index (χ2v) is 3.13. The Morgan fingerprint density at radius 3 is 2.38 bits per heavy atom. The fourth-order valence-corrected chi connectivity index (χ4v) is 1.26. The molecular formula is C11H14O2. The highest BCUT2D eigenvalue weighted by Crippen LogP contribution is 2.19. The molecule has 0 saturated carbocycles. The van der Waals surface area contributed by atoms with Gasteiger partial charge in [0.2, 0.25) is 0 Å². The van der Waals surface area contributed by atoms with Crippen LogP contribution in [0.15, 0.2) is 24.3 Å². The summed E-state index contributed by atoms with van der Waals surface area (Å²) in [5, 5.41) is 9.05. The van der Waals surface area contributed by atoms with Crippen molar-refractivity contribution in [2.75, 3.05) is 0 Å². The van der Waals surface area contributed by atoms with Gasteiger partial charge in [-0.2, -0.15) is 0 Å². The van der Waals surface area contributed by atoms with Gasteiger partial charge < -0.3 is 5.11 Å². The zero-order chi connectivity index (χ0) is 9.84. The summed E-state index contributed by atoms with van der Waals surface area (Å²) >= 11 is 0. The first-order valence-corrected chi connectivity index (χ1v) is 4.46. The van der Waals surface area contributed by atoms with Gasteiger partial charge in [-0.05, 0) is 17.7 Å². The fourth-order valence-electron chi connectivity index (χ4n) is 1.26. The molecule has 0 amide bonds. The van der Waals surface area contributed by atoms with E-state index < -0.39 is 0 Å². The summed E-state index contributed by atoms with van der Waals surface area (Å²) < 4.78 is 0. The summed E-state index contributed by atoms with van der Waals surface area (Å²) in [6.07, 6.45) is 0.558. The summed E-state index contributed by atoms with van der Waals surface area (Å²) in [7, 11) is 0. The van der Waals surface area contributed by atoms with Gasteiger partial charge in [-0.15, -0.1) is 0 Å². The molecule has 1 N–H and O–H groups in total. The lowest BCUT2D eigenvalue weighted by atomic mass is 9.95. The predicted molar refractivity (Wildman–Crippen MR) is 51.8 cm³/mol. The average Bonchev–Trinajstić information content (AvgIpc) is 2.17. The lowest BCUT2D eigenvalue weighted by Crippen LogP contribution is -2.06. The number of rotatable bonds is 3. The average molecular weight is 178 g/mol. The first kappa shape index (κ1) is 9.78. The minimum absolute atomic E-state index is 0.0643. The Morgan fingerprint density at radius 2 is 1.92 bits per heavy atom. The highest BCUT2D eigenvalue weighted by Gasteiger charge is 2.12. The van der Waals surface area contributed by atoms with Gasteiger partial charge in [-0.3, -0.25) is 4.79 Å². The van der Waals surface area contributed by atoms with Crippen LogP contribution in [0.4, 0.5) is 0 Å². The van der Waals surface area contributed by atoms with Gasteiger partial charge in [0.15, 0.2) is 0 Å². The molecule has 0 spiro atoms. The van der Waals surface area contributed by atoms with Gasteiger partial charge in [-0.1, -0.05) is 26.0 Å². The molecule has 2 nitrogen and oxygen atoms in total. The van der Waals surface area contributed by atoms with E-state index in [1.54, 1.807) is 24.3 Å². The van der Waals surface area contributed by atoms with Crippen molar-refractivity contribution in [3.8, 4) is 5.75 Å². The third-order valence-electron chi connectivity index (χ3n) is 2.22. The van der Waals surface area contributed by atoms with Crippen molar-refractivity contribution in [3.63, 3.8) is 0 Å². The predicted octanol–water partition coefficient (Wildman–Crippen LogP) is 2.47. The molecule has 1 unspecified atom stereocenters. The molecule has 0 aliphatic rings. The van der Waals surface area contributed by atoms with Crippen molar-refractivity contribution in [3.05, 3.63) is 29.8 Å². The molecule has 0 fully saturated rings. The van der Waals surface area contributed by atoms with Gasteiger partial charge in [0.05, 0.1) is 0 Å². The van der Waals surface area contributed by atoms with Crippen LogP contribution in [-0.2, 0) is 4.79 Å². The number of carbonyl (C=O) groups excluding carboxylic acids is 1. The summed E-state index contributed by atoms with van der Waals surface area (Å²) in [5.74, 6) is 0.399. The summed E-state index contributed by atoms with van der Waals surface area (Å²) in [4.78, 5) is 11.3. The number of phenols is 1. The van der Waals surface area contributed by atoms with Gasteiger partial charge >= 0.3 is 0 Å². The topological polar surface area (TPSA) is 37.3 Å². The van der Waals surface area contributed by atoms with E-state index in [1.165, 1.54) is 0 Å². The second kappa shape index (κ2) is 4.08. The third-order valence-corrected chi connectivity index (χ3v) is 2.22. The van der Waals surface area contributed by atoms with E-state index in [2.05, 4.69) is 0 Å². The first-order valence-electron chi connectivity index (χ1n) is 4.46. The molecule has 1 atom stereocenters. The van der Waals surface area contributed by atoms with E-state index in [4.69, 9.17) is 5.11 Å². The van der Waals surface area contributed by atoms with Crippen molar-refractivity contribution in [1.29, 1.82) is 0 Å². The standard InChI is InChI=1S/C11H14O2/c1-3-11(13)8(2)9-4-6-10(12)7-5-9/h4-8,12H,3H2,1-2H3. The Morgan fingerprint density at radius 1 is 1.38 bits per heavy atom. The van der Waals surface area contributed by atoms with Crippen LogP contribution in [0.2, 0.25) is 0 Å². The number of carbonyl (C=O) groups is 1. The minimum Gasteiger partial charge on any atom is -0.508 e. The van der Waals surface area contributed by atoms with E-state index >= 15 is 0 Å². The molecule has 0 radical (unpaired) electrons. The monoisotopic (exact) mass is 178 g/mol. The van der Waals surface area contributed by atoms with E-state index in [9.17, 15) is 4.79 Å². The largest absolute Gasteiger partial charge is 0.508 e. The zero-order valence-corrected chi connectivity index (χ0v) is 7.95. The SMILES string of the molecule is CCC(=O)C(C)c1ccc(O)cc1. The molecule has 0 aliphatic heterocycles. The first-order chi connectivity index (χ1) is 6.15. The molecule has 1 aromatic carbocycles. The summed E-state index contributed by atoms with van der Waals surface area (Å²) in [5.41, 5.74) is 0.963. The quantitative estimate of drug-likeness (QED) is 0.772. The molecular weight excluding hydrogens is 164 g/mol. The number of hydrogen-bond donors (Lipinski definition) is 1. The van der Waals surface area contributed by atoms with Crippen molar-refractivity contribution >= 4 is 5.78 Å². The van der Waals surface area contributed by atoms with E-state index in [0.29, 0.717) is 6.42 Å². The van der Waals surface area contributed by atoms with Crippen molar-refractivity contribution in [1.82, 2.24) is 0 Å². The van der Waals surface area contributed by atoms with Gasteiger partial charge in [-0.25, -0.2) is 0 Å². The Labute approximate surface area is 78.2 Å². The maximum Gasteiger partial charge on any atom is 0.139 e. The molecule has 0 aromatic heterocycles. The molecule has 0 aliphatic carbocycles. The minimum atomic E-state index is -0.0643. The van der Waals surface area contributed by atoms with E-state index in [-0.39, 0.29) is 17.5 Å². The van der Waals surface area contributed by atoms with E-state index in [0.717, 1.165) is 5.56 Å². The van der Waals surface area contributed by atoms with E-state index in [1.807, 2.05) is 13.8 Å². The lowest BCUT2D eigenvalue weighted by molar-refractivity contribution is -0.119. The lowest BCUT2D eigenvalue weighted by Gasteiger charge is -2.08. The molecule has 0 heterocycles. The number of Topliss-reactive ketones (excluding diaryl/α,β-unsaturated/α-hetero) is 1. The fraction of sp³-hybridized carbons (Fsp3) is 0.364. The summed E-state index contributed by atoms with van der Waals surface area (Å²) in [6.45, 7) is 3.75. The van der Waals surface area contributed by atoms with Gasteiger partial charge in [0.25, 0.3) is 0 Å². The molecule has 0 bridgehead atoms. The van der Waals surface area contributed by atoms with Crippen LogP contribution in [0.25, 0.3) is 0 Å². The van der Waals surface area contributed by atoms with Crippen LogP contribution in [0.3, 0.4) is 0 Å². The normalized spacial score (nSPS) is 12.5. The van der Waals surface area contributed by atoms with Gasteiger partial charge in [0, 0.05) is 12.3 Å². The number of benzene rings is 1. The van der Waals surface area contributed by atoms with Crippen molar-refractivity contribution in [2.24, 2.45) is 0 Å². The van der Waals surface area contributed by atoms with Crippen LogP contribution in [-0.4, -0.2) is 10.9 Å². The van der Waals surface area contributed by atoms with Crippen LogP contribution in [0, 0.1) is 0 Å². The Bertz CT molecular complexity index is 287.